The van der Waals surface area contributed by atoms with Crippen molar-refractivity contribution in [1.82, 2.24) is 5.32 Å². The zero-order valence-corrected chi connectivity index (χ0v) is 9.01. The third-order valence-corrected chi connectivity index (χ3v) is 2.12. The van der Waals surface area contributed by atoms with Gasteiger partial charge in [0.05, 0.1) is 12.2 Å². The van der Waals surface area contributed by atoms with Crippen LogP contribution in [0.2, 0.25) is 0 Å². The van der Waals surface area contributed by atoms with Crippen molar-refractivity contribution in [3.05, 3.63) is 0 Å². The standard InChI is InChI=1S/C10H23NO2/c1-4-5-9(2)6-11-7-10(3,13)8-12/h9,11-13H,4-8H2,1-3H3. The molecule has 0 saturated carbocycles. The maximum Gasteiger partial charge on any atom is 0.0972 e. The SMILES string of the molecule is CCCC(C)CNCC(C)(O)CO. The highest BCUT2D eigenvalue weighted by atomic mass is 16.3. The molecule has 0 rings (SSSR count). The van der Waals surface area contributed by atoms with E-state index in [4.69, 9.17) is 5.11 Å². The van der Waals surface area contributed by atoms with Crippen molar-refractivity contribution in [1.29, 1.82) is 0 Å². The van der Waals surface area contributed by atoms with Crippen molar-refractivity contribution in [2.45, 2.75) is 39.2 Å². The Morgan fingerprint density at radius 3 is 2.54 bits per heavy atom. The van der Waals surface area contributed by atoms with Crippen LogP contribution in [0.25, 0.3) is 0 Å². The Hall–Kier alpha value is -0.120. The van der Waals surface area contributed by atoms with Crippen LogP contribution in [0.1, 0.15) is 33.6 Å². The monoisotopic (exact) mass is 189 g/mol. The van der Waals surface area contributed by atoms with Gasteiger partial charge in [-0.1, -0.05) is 20.3 Å². The second-order valence-electron chi connectivity index (χ2n) is 4.18. The molecule has 13 heavy (non-hydrogen) atoms. The molecule has 2 atom stereocenters. The van der Waals surface area contributed by atoms with Gasteiger partial charge in [0, 0.05) is 6.54 Å². The highest BCUT2D eigenvalue weighted by Crippen LogP contribution is 2.04. The zero-order chi connectivity index (χ0) is 10.3. The molecule has 0 aromatic heterocycles. The fourth-order valence-electron chi connectivity index (χ4n) is 1.24. The van der Waals surface area contributed by atoms with Gasteiger partial charge in [0.2, 0.25) is 0 Å². The summed E-state index contributed by atoms with van der Waals surface area (Å²) >= 11 is 0. The number of aliphatic hydroxyl groups excluding tert-OH is 1. The van der Waals surface area contributed by atoms with Crippen LogP contribution >= 0.6 is 0 Å². The van der Waals surface area contributed by atoms with Crippen LogP contribution in [0, 0.1) is 5.92 Å². The fourth-order valence-corrected chi connectivity index (χ4v) is 1.24. The molecule has 0 aromatic rings. The van der Waals surface area contributed by atoms with Gasteiger partial charge in [-0.2, -0.15) is 0 Å². The average molecular weight is 189 g/mol. The summed E-state index contributed by atoms with van der Waals surface area (Å²) in [6, 6.07) is 0. The first-order chi connectivity index (χ1) is 6.02. The van der Waals surface area contributed by atoms with Gasteiger partial charge in [-0.05, 0) is 25.8 Å². The van der Waals surface area contributed by atoms with E-state index in [2.05, 4.69) is 19.2 Å². The summed E-state index contributed by atoms with van der Waals surface area (Å²) in [4.78, 5) is 0. The third-order valence-electron chi connectivity index (χ3n) is 2.12. The lowest BCUT2D eigenvalue weighted by molar-refractivity contribution is 0.00230. The highest BCUT2D eigenvalue weighted by molar-refractivity contribution is 4.74. The minimum Gasteiger partial charge on any atom is -0.393 e. The quantitative estimate of drug-likeness (QED) is 0.554. The van der Waals surface area contributed by atoms with Gasteiger partial charge in [-0.15, -0.1) is 0 Å². The summed E-state index contributed by atoms with van der Waals surface area (Å²) in [5.74, 6) is 0.638. The predicted octanol–water partition coefficient (Wildman–Crippen LogP) is 0.755. The van der Waals surface area contributed by atoms with Crippen LogP contribution < -0.4 is 5.32 Å². The van der Waals surface area contributed by atoms with E-state index in [1.54, 1.807) is 6.92 Å². The van der Waals surface area contributed by atoms with Gasteiger partial charge in [0.15, 0.2) is 0 Å². The summed E-state index contributed by atoms with van der Waals surface area (Å²) in [6.45, 7) is 7.15. The van der Waals surface area contributed by atoms with Crippen LogP contribution in [-0.2, 0) is 0 Å². The van der Waals surface area contributed by atoms with Crippen LogP contribution in [0.15, 0.2) is 0 Å². The van der Waals surface area contributed by atoms with Crippen molar-refractivity contribution in [3.8, 4) is 0 Å². The van der Waals surface area contributed by atoms with E-state index in [-0.39, 0.29) is 6.61 Å². The molecular weight excluding hydrogens is 166 g/mol. The first-order valence-electron chi connectivity index (χ1n) is 5.06. The van der Waals surface area contributed by atoms with E-state index in [9.17, 15) is 5.11 Å². The fraction of sp³-hybridized carbons (Fsp3) is 1.00. The van der Waals surface area contributed by atoms with Crippen LogP contribution in [-0.4, -0.2) is 35.5 Å². The lowest BCUT2D eigenvalue weighted by Crippen LogP contribution is -2.42. The second-order valence-corrected chi connectivity index (χ2v) is 4.18. The number of hydrogen-bond donors (Lipinski definition) is 3. The molecule has 0 spiro atoms. The van der Waals surface area contributed by atoms with Gasteiger partial charge in [0.1, 0.15) is 0 Å². The van der Waals surface area contributed by atoms with Gasteiger partial charge in [-0.3, -0.25) is 0 Å². The van der Waals surface area contributed by atoms with E-state index in [1.807, 2.05) is 0 Å². The van der Waals surface area contributed by atoms with E-state index in [0.29, 0.717) is 12.5 Å². The molecule has 0 aromatic carbocycles. The maximum absolute atomic E-state index is 9.45. The Balaban J connectivity index is 3.44. The summed E-state index contributed by atoms with van der Waals surface area (Å²) in [5.41, 5.74) is -0.980. The predicted molar refractivity (Wildman–Crippen MR) is 54.7 cm³/mol. The van der Waals surface area contributed by atoms with E-state index in [0.717, 1.165) is 6.54 Å². The Morgan fingerprint density at radius 2 is 2.08 bits per heavy atom. The average Bonchev–Trinajstić information content (AvgIpc) is 2.05. The topological polar surface area (TPSA) is 52.5 Å². The van der Waals surface area contributed by atoms with Crippen molar-refractivity contribution in [2.24, 2.45) is 5.92 Å². The molecule has 0 heterocycles. The van der Waals surface area contributed by atoms with E-state index in [1.165, 1.54) is 12.8 Å². The van der Waals surface area contributed by atoms with Crippen LogP contribution in [0.3, 0.4) is 0 Å². The molecule has 3 heteroatoms. The second kappa shape index (κ2) is 6.35. The normalized spacial score (nSPS) is 18.2. The van der Waals surface area contributed by atoms with E-state index < -0.39 is 5.60 Å². The smallest absolute Gasteiger partial charge is 0.0972 e. The summed E-state index contributed by atoms with van der Waals surface area (Å²) < 4.78 is 0. The third kappa shape index (κ3) is 6.99. The van der Waals surface area contributed by atoms with Crippen molar-refractivity contribution in [3.63, 3.8) is 0 Å². The Morgan fingerprint density at radius 1 is 1.46 bits per heavy atom. The number of hydrogen-bond acceptors (Lipinski definition) is 3. The molecule has 0 saturated heterocycles. The molecule has 2 unspecified atom stereocenters. The van der Waals surface area contributed by atoms with Crippen molar-refractivity contribution in [2.75, 3.05) is 19.7 Å². The minimum absolute atomic E-state index is 0.192. The molecule has 80 valence electrons. The number of rotatable bonds is 7. The maximum atomic E-state index is 9.45. The van der Waals surface area contributed by atoms with Crippen molar-refractivity contribution < 1.29 is 10.2 Å². The first-order valence-corrected chi connectivity index (χ1v) is 5.06. The molecular formula is C10H23NO2. The highest BCUT2D eigenvalue weighted by Gasteiger charge is 2.17. The summed E-state index contributed by atoms with van der Waals surface area (Å²) in [5, 5.41) is 21.4. The molecule has 0 bridgehead atoms. The lowest BCUT2D eigenvalue weighted by atomic mass is 10.1. The van der Waals surface area contributed by atoms with Gasteiger partial charge >= 0.3 is 0 Å². The van der Waals surface area contributed by atoms with Crippen LogP contribution in [0.4, 0.5) is 0 Å². The van der Waals surface area contributed by atoms with Crippen LogP contribution in [0.5, 0.6) is 0 Å². The Kier molecular flexibility index (Phi) is 6.29. The molecule has 0 aliphatic rings. The zero-order valence-electron chi connectivity index (χ0n) is 9.01. The molecule has 0 amide bonds. The largest absolute Gasteiger partial charge is 0.393 e. The first kappa shape index (κ1) is 12.9. The van der Waals surface area contributed by atoms with Gasteiger partial charge in [-0.25, -0.2) is 0 Å². The Bertz CT molecular complexity index is 126. The van der Waals surface area contributed by atoms with Gasteiger partial charge < -0.3 is 15.5 Å². The molecule has 3 N–H and O–H groups in total. The van der Waals surface area contributed by atoms with Crippen molar-refractivity contribution >= 4 is 0 Å². The summed E-state index contributed by atoms with van der Waals surface area (Å²) in [6.07, 6.45) is 2.40. The molecule has 3 nitrogen and oxygen atoms in total. The number of aliphatic hydroxyl groups is 2. The van der Waals surface area contributed by atoms with E-state index >= 15 is 0 Å². The van der Waals surface area contributed by atoms with Gasteiger partial charge in [0.25, 0.3) is 0 Å². The minimum atomic E-state index is -0.980. The molecule has 0 fully saturated rings. The molecule has 0 aliphatic heterocycles. The number of nitrogens with one attached hydrogen (secondary N) is 1. The molecule has 0 radical (unpaired) electrons. The Labute approximate surface area is 81.2 Å². The summed E-state index contributed by atoms with van der Waals surface area (Å²) in [7, 11) is 0. The molecule has 0 aliphatic carbocycles. The lowest BCUT2D eigenvalue weighted by Gasteiger charge is -2.22.